The van der Waals surface area contributed by atoms with Gasteiger partial charge in [-0.3, -0.25) is 0 Å². The first kappa shape index (κ1) is 15.6. The van der Waals surface area contributed by atoms with Crippen LogP contribution in [-0.4, -0.2) is 8.42 Å². The van der Waals surface area contributed by atoms with E-state index in [0.717, 1.165) is 9.79 Å². The molecule has 0 bridgehead atoms. The maximum Gasteiger partial charge on any atom is 0.206 e. The van der Waals surface area contributed by atoms with Crippen LogP contribution in [0.5, 0.6) is 0 Å². The Balaban J connectivity index is 2.01. The molecule has 0 aliphatic rings. The summed E-state index contributed by atoms with van der Waals surface area (Å²) >= 11 is 1.48. The molecule has 0 amide bonds. The summed E-state index contributed by atoms with van der Waals surface area (Å²) < 4.78 is 25.5. The van der Waals surface area contributed by atoms with E-state index >= 15 is 0 Å². The summed E-state index contributed by atoms with van der Waals surface area (Å²) in [5.41, 5.74) is 6.34. The van der Waals surface area contributed by atoms with Crippen molar-refractivity contribution in [3.8, 4) is 0 Å². The smallest absolute Gasteiger partial charge is 0.206 e. The molecule has 23 heavy (non-hydrogen) atoms. The summed E-state index contributed by atoms with van der Waals surface area (Å²) in [7, 11) is -3.57. The Bertz CT molecular complexity index is 908. The van der Waals surface area contributed by atoms with Gasteiger partial charge in [-0.2, -0.15) is 0 Å². The number of hydrogen-bond donors (Lipinski definition) is 1. The minimum atomic E-state index is -3.57. The Morgan fingerprint density at radius 3 is 1.96 bits per heavy atom. The predicted octanol–water partition coefficient (Wildman–Crippen LogP) is 4.25. The van der Waals surface area contributed by atoms with Crippen molar-refractivity contribution in [2.24, 2.45) is 0 Å². The summed E-state index contributed by atoms with van der Waals surface area (Å²) in [5, 5.41) is 0. The quantitative estimate of drug-likeness (QED) is 0.721. The van der Waals surface area contributed by atoms with Gasteiger partial charge >= 0.3 is 0 Å². The number of hydrogen-bond acceptors (Lipinski definition) is 4. The Hall–Kier alpha value is -2.24. The molecule has 0 heterocycles. The first-order valence-corrected chi connectivity index (χ1v) is 9.29. The molecular formula is C18H15NO2S2. The molecule has 0 saturated carbocycles. The maximum absolute atomic E-state index is 12.7. The predicted molar refractivity (Wildman–Crippen MR) is 93.3 cm³/mol. The minimum absolute atomic E-state index is 0.210. The highest BCUT2D eigenvalue weighted by Crippen LogP contribution is 2.32. The molecule has 0 radical (unpaired) electrons. The lowest BCUT2D eigenvalue weighted by Crippen LogP contribution is -2.03. The van der Waals surface area contributed by atoms with Crippen molar-refractivity contribution in [1.82, 2.24) is 0 Å². The highest BCUT2D eigenvalue weighted by molar-refractivity contribution is 7.99. The second-order valence-electron chi connectivity index (χ2n) is 4.97. The molecular weight excluding hydrogens is 326 g/mol. The molecule has 2 N–H and O–H groups in total. The molecule has 0 unspecified atom stereocenters. The van der Waals surface area contributed by atoms with Gasteiger partial charge in [0, 0.05) is 15.5 Å². The van der Waals surface area contributed by atoms with Gasteiger partial charge in [-0.05, 0) is 42.5 Å². The lowest BCUT2D eigenvalue weighted by molar-refractivity contribution is 0.596. The van der Waals surface area contributed by atoms with Gasteiger partial charge in [0.15, 0.2) is 0 Å². The van der Waals surface area contributed by atoms with Crippen LogP contribution in [0, 0.1) is 0 Å². The number of nitrogens with two attached hydrogens (primary N) is 1. The summed E-state index contributed by atoms with van der Waals surface area (Å²) in [6.07, 6.45) is 0. The number of sulfone groups is 1. The minimum Gasteiger partial charge on any atom is -0.399 e. The molecule has 3 aromatic rings. The SMILES string of the molecule is Nc1cc(Sc2ccccc2)cc(S(=O)(=O)c2ccccc2)c1. The third-order valence-corrected chi connectivity index (χ3v) is 5.97. The van der Waals surface area contributed by atoms with Crippen molar-refractivity contribution in [3.63, 3.8) is 0 Å². The van der Waals surface area contributed by atoms with Gasteiger partial charge in [-0.1, -0.05) is 48.2 Å². The van der Waals surface area contributed by atoms with Crippen LogP contribution < -0.4 is 5.73 Å². The molecule has 5 heteroatoms. The molecule has 0 atom stereocenters. The number of benzene rings is 3. The van der Waals surface area contributed by atoms with E-state index in [1.165, 1.54) is 17.8 Å². The first-order valence-electron chi connectivity index (χ1n) is 6.99. The molecule has 116 valence electrons. The maximum atomic E-state index is 12.7. The van der Waals surface area contributed by atoms with Gasteiger partial charge in [-0.15, -0.1) is 0 Å². The largest absolute Gasteiger partial charge is 0.399 e. The zero-order valence-corrected chi connectivity index (χ0v) is 13.8. The van der Waals surface area contributed by atoms with E-state index < -0.39 is 9.84 Å². The molecule has 3 rings (SSSR count). The van der Waals surface area contributed by atoms with Crippen molar-refractivity contribution in [1.29, 1.82) is 0 Å². The summed E-state index contributed by atoms with van der Waals surface area (Å²) in [5.74, 6) is 0. The Morgan fingerprint density at radius 1 is 0.696 bits per heavy atom. The van der Waals surface area contributed by atoms with Crippen LogP contribution in [0.1, 0.15) is 0 Å². The molecule has 0 aliphatic carbocycles. The van der Waals surface area contributed by atoms with Crippen molar-refractivity contribution in [2.75, 3.05) is 5.73 Å². The first-order chi connectivity index (χ1) is 11.1. The summed E-state index contributed by atoms with van der Waals surface area (Å²) in [4.78, 5) is 2.30. The van der Waals surface area contributed by atoms with Crippen molar-refractivity contribution in [3.05, 3.63) is 78.9 Å². The third-order valence-electron chi connectivity index (χ3n) is 3.25. The Morgan fingerprint density at radius 2 is 1.30 bits per heavy atom. The molecule has 0 saturated heterocycles. The van der Waals surface area contributed by atoms with E-state index in [1.54, 1.807) is 42.5 Å². The van der Waals surface area contributed by atoms with Crippen molar-refractivity contribution >= 4 is 27.3 Å². The standard InChI is InChI=1S/C18H15NO2S2/c19-14-11-16(22-15-7-3-1-4-8-15)13-18(12-14)23(20,21)17-9-5-2-6-10-17/h1-13H,19H2. The Labute approximate surface area is 140 Å². The van der Waals surface area contributed by atoms with Crippen molar-refractivity contribution < 1.29 is 8.42 Å². The lowest BCUT2D eigenvalue weighted by atomic mass is 10.3. The van der Waals surface area contributed by atoms with Gasteiger partial charge < -0.3 is 5.73 Å². The molecule has 0 aromatic heterocycles. The lowest BCUT2D eigenvalue weighted by Gasteiger charge is -2.09. The summed E-state index contributed by atoms with van der Waals surface area (Å²) in [6, 6.07) is 23.1. The van der Waals surface area contributed by atoms with E-state index in [2.05, 4.69) is 0 Å². The average Bonchev–Trinajstić information content (AvgIpc) is 2.56. The fourth-order valence-electron chi connectivity index (χ4n) is 2.17. The van der Waals surface area contributed by atoms with Gasteiger partial charge in [0.1, 0.15) is 0 Å². The van der Waals surface area contributed by atoms with E-state index in [4.69, 9.17) is 5.73 Å². The second-order valence-corrected chi connectivity index (χ2v) is 8.07. The normalized spacial score (nSPS) is 11.3. The number of rotatable bonds is 4. The van der Waals surface area contributed by atoms with Crippen LogP contribution >= 0.6 is 11.8 Å². The van der Waals surface area contributed by atoms with Gasteiger partial charge in [-0.25, -0.2) is 8.42 Å². The van der Waals surface area contributed by atoms with Crippen molar-refractivity contribution in [2.45, 2.75) is 19.6 Å². The topological polar surface area (TPSA) is 60.2 Å². The highest BCUT2D eigenvalue weighted by Gasteiger charge is 2.18. The van der Waals surface area contributed by atoms with E-state index in [-0.39, 0.29) is 9.79 Å². The second kappa shape index (κ2) is 6.48. The van der Waals surface area contributed by atoms with Crippen LogP contribution in [0.25, 0.3) is 0 Å². The van der Waals surface area contributed by atoms with Crippen LogP contribution in [0.2, 0.25) is 0 Å². The fourth-order valence-corrected chi connectivity index (χ4v) is 4.55. The molecule has 0 fully saturated rings. The number of anilines is 1. The number of nitrogen functional groups attached to an aromatic ring is 1. The van der Waals surface area contributed by atoms with Gasteiger partial charge in [0.25, 0.3) is 0 Å². The van der Waals surface area contributed by atoms with E-state index in [9.17, 15) is 8.42 Å². The van der Waals surface area contributed by atoms with E-state index in [1.807, 2.05) is 30.3 Å². The van der Waals surface area contributed by atoms with Crippen LogP contribution in [0.4, 0.5) is 5.69 Å². The van der Waals surface area contributed by atoms with Gasteiger partial charge in [0.05, 0.1) is 9.79 Å². The molecule has 0 spiro atoms. The Kier molecular flexibility index (Phi) is 4.41. The average molecular weight is 341 g/mol. The summed E-state index contributed by atoms with van der Waals surface area (Å²) in [6.45, 7) is 0. The molecule has 3 aromatic carbocycles. The van der Waals surface area contributed by atoms with E-state index in [0.29, 0.717) is 5.69 Å². The zero-order chi connectivity index (χ0) is 16.3. The van der Waals surface area contributed by atoms with Crippen LogP contribution in [-0.2, 0) is 9.84 Å². The third kappa shape index (κ3) is 3.57. The van der Waals surface area contributed by atoms with Crippen LogP contribution in [0.3, 0.4) is 0 Å². The van der Waals surface area contributed by atoms with Crippen LogP contribution in [0.15, 0.2) is 98.4 Å². The molecule has 0 aliphatic heterocycles. The highest BCUT2D eigenvalue weighted by atomic mass is 32.2. The molecule has 3 nitrogen and oxygen atoms in total. The zero-order valence-electron chi connectivity index (χ0n) is 12.2. The monoisotopic (exact) mass is 341 g/mol. The van der Waals surface area contributed by atoms with Gasteiger partial charge in [0.2, 0.25) is 9.84 Å². The fraction of sp³-hybridized carbons (Fsp3) is 0.